The van der Waals surface area contributed by atoms with E-state index in [1.165, 1.54) is 25.1 Å². The molecule has 1 fully saturated rings. The number of pyridine rings is 1. The van der Waals surface area contributed by atoms with Crippen LogP contribution in [0.15, 0.2) is 12.1 Å². The molecule has 0 aromatic carbocycles. The van der Waals surface area contributed by atoms with E-state index in [1.54, 1.807) is 0 Å². The van der Waals surface area contributed by atoms with Crippen LogP contribution in [-0.4, -0.2) is 35.6 Å². The molecule has 1 aromatic rings. The van der Waals surface area contributed by atoms with E-state index in [-0.39, 0.29) is 0 Å². The summed E-state index contributed by atoms with van der Waals surface area (Å²) in [4.78, 5) is 6.93. The van der Waals surface area contributed by atoms with Crippen LogP contribution in [0, 0.1) is 13.8 Å². The number of rotatable bonds is 2. The summed E-state index contributed by atoms with van der Waals surface area (Å²) in [5, 5.41) is 3.64. The summed E-state index contributed by atoms with van der Waals surface area (Å²) in [6.45, 7) is 7.59. The molecule has 1 aliphatic rings. The van der Waals surface area contributed by atoms with Crippen molar-refractivity contribution in [2.75, 3.05) is 18.9 Å². The quantitative estimate of drug-likeness (QED) is 0.851. The summed E-state index contributed by atoms with van der Waals surface area (Å²) >= 11 is 0. The summed E-state index contributed by atoms with van der Waals surface area (Å²) < 4.78 is 0. The summed E-state index contributed by atoms with van der Waals surface area (Å²) in [7, 11) is 2.21. The highest BCUT2D eigenvalue weighted by atomic mass is 15.1. The summed E-state index contributed by atoms with van der Waals surface area (Å²) in [6.07, 6.45) is 2.43. The van der Waals surface area contributed by atoms with Gasteiger partial charge in [0, 0.05) is 24.3 Å². The molecule has 2 atom stereocenters. The SMILES string of the molecule is Cc1ccc(NC2CCN(C)C(C)C2)c(C)n1. The van der Waals surface area contributed by atoms with Crippen molar-refractivity contribution in [2.24, 2.45) is 0 Å². The molecule has 2 unspecified atom stereocenters. The van der Waals surface area contributed by atoms with Gasteiger partial charge in [0.25, 0.3) is 0 Å². The van der Waals surface area contributed by atoms with Gasteiger partial charge in [-0.2, -0.15) is 0 Å². The number of aryl methyl sites for hydroxylation is 2. The van der Waals surface area contributed by atoms with Gasteiger partial charge in [-0.15, -0.1) is 0 Å². The lowest BCUT2D eigenvalue weighted by molar-refractivity contribution is 0.190. The Hall–Kier alpha value is -1.09. The van der Waals surface area contributed by atoms with Crippen LogP contribution in [0.1, 0.15) is 31.2 Å². The van der Waals surface area contributed by atoms with E-state index >= 15 is 0 Å². The minimum absolute atomic E-state index is 0.587. The van der Waals surface area contributed by atoms with Gasteiger partial charge < -0.3 is 10.2 Å². The molecular formula is C14H23N3. The van der Waals surface area contributed by atoms with Gasteiger partial charge in [-0.1, -0.05) is 0 Å². The lowest BCUT2D eigenvalue weighted by atomic mass is 9.98. The highest BCUT2D eigenvalue weighted by Gasteiger charge is 2.22. The van der Waals surface area contributed by atoms with Crippen LogP contribution in [0.5, 0.6) is 0 Å². The van der Waals surface area contributed by atoms with Crippen molar-refractivity contribution >= 4 is 5.69 Å². The average Bonchev–Trinajstić information content (AvgIpc) is 2.27. The van der Waals surface area contributed by atoms with Crippen molar-refractivity contribution in [1.29, 1.82) is 0 Å². The third-order valence-electron chi connectivity index (χ3n) is 3.79. The molecule has 0 bridgehead atoms. The first-order valence-corrected chi connectivity index (χ1v) is 6.47. The van der Waals surface area contributed by atoms with E-state index in [4.69, 9.17) is 0 Å². The molecule has 1 N–H and O–H groups in total. The van der Waals surface area contributed by atoms with Gasteiger partial charge in [0.15, 0.2) is 0 Å². The summed E-state index contributed by atoms with van der Waals surface area (Å²) in [5.41, 5.74) is 3.39. The molecule has 0 aliphatic carbocycles. The van der Waals surface area contributed by atoms with Gasteiger partial charge in [-0.3, -0.25) is 4.98 Å². The van der Waals surface area contributed by atoms with Crippen molar-refractivity contribution in [3.05, 3.63) is 23.5 Å². The maximum absolute atomic E-state index is 4.50. The monoisotopic (exact) mass is 233 g/mol. The Morgan fingerprint density at radius 3 is 2.76 bits per heavy atom. The average molecular weight is 233 g/mol. The van der Waals surface area contributed by atoms with E-state index in [0.717, 1.165) is 11.4 Å². The fourth-order valence-electron chi connectivity index (χ4n) is 2.48. The molecular weight excluding hydrogens is 210 g/mol. The second-order valence-electron chi connectivity index (χ2n) is 5.28. The molecule has 1 aliphatic heterocycles. The molecule has 0 radical (unpaired) electrons. The number of piperidine rings is 1. The number of hydrogen-bond acceptors (Lipinski definition) is 3. The molecule has 3 heteroatoms. The second-order valence-corrected chi connectivity index (χ2v) is 5.28. The Kier molecular flexibility index (Phi) is 3.67. The minimum Gasteiger partial charge on any atom is -0.381 e. The number of aromatic nitrogens is 1. The van der Waals surface area contributed by atoms with Crippen LogP contribution < -0.4 is 5.32 Å². The predicted octanol–water partition coefficient (Wildman–Crippen LogP) is 2.59. The Morgan fingerprint density at radius 1 is 1.35 bits per heavy atom. The van der Waals surface area contributed by atoms with E-state index in [9.17, 15) is 0 Å². The maximum Gasteiger partial charge on any atom is 0.0606 e. The van der Waals surface area contributed by atoms with Gasteiger partial charge in [0.1, 0.15) is 0 Å². The molecule has 0 amide bonds. The molecule has 2 rings (SSSR count). The van der Waals surface area contributed by atoms with Gasteiger partial charge in [-0.05, 0) is 52.8 Å². The molecule has 3 nitrogen and oxygen atoms in total. The molecule has 0 saturated carbocycles. The van der Waals surface area contributed by atoms with Gasteiger partial charge in [0.05, 0.1) is 11.4 Å². The Morgan fingerprint density at radius 2 is 2.12 bits per heavy atom. The predicted molar refractivity (Wildman–Crippen MR) is 72.4 cm³/mol. The van der Waals surface area contributed by atoms with Gasteiger partial charge in [0.2, 0.25) is 0 Å². The fourth-order valence-corrected chi connectivity index (χ4v) is 2.48. The second kappa shape index (κ2) is 5.05. The van der Waals surface area contributed by atoms with E-state index < -0.39 is 0 Å². The van der Waals surface area contributed by atoms with Gasteiger partial charge in [-0.25, -0.2) is 0 Å². The molecule has 1 aromatic heterocycles. The zero-order valence-corrected chi connectivity index (χ0v) is 11.3. The number of likely N-dealkylation sites (tertiary alicyclic amines) is 1. The normalized spacial score (nSPS) is 25.9. The van der Waals surface area contributed by atoms with Crippen molar-refractivity contribution in [3.8, 4) is 0 Å². The zero-order chi connectivity index (χ0) is 12.4. The van der Waals surface area contributed by atoms with E-state index in [1.807, 2.05) is 6.92 Å². The Labute approximate surface area is 104 Å². The van der Waals surface area contributed by atoms with Crippen LogP contribution in [0.4, 0.5) is 5.69 Å². The lowest BCUT2D eigenvalue weighted by Gasteiger charge is -2.36. The Balaban J connectivity index is 2.01. The third kappa shape index (κ3) is 2.97. The van der Waals surface area contributed by atoms with Gasteiger partial charge >= 0.3 is 0 Å². The van der Waals surface area contributed by atoms with Crippen LogP contribution in [0.25, 0.3) is 0 Å². The number of nitrogens with one attached hydrogen (secondary N) is 1. The number of hydrogen-bond donors (Lipinski definition) is 1. The third-order valence-corrected chi connectivity index (χ3v) is 3.79. The van der Waals surface area contributed by atoms with Crippen molar-refractivity contribution in [2.45, 2.75) is 45.7 Å². The smallest absolute Gasteiger partial charge is 0.0606 e. The minimum atomic E-state index is 0.587. The maximum atomic E-state index is 4.50. The molecule has 17 heavy (non-hydrogen) atoms. The topological polar surface area (TPSA) is 28.2 Å². The highest BCUT2D eigenvalue weighted by Crippen LogP contribution is 2.21. The van der Waals surface area contributed by atoms with Crippen LogP contribution in [-0.2, 0) is 0 Å². The highest BCUT2D eigenvalue weighted by molar-refractivity contribution is 5.48. The van der Waals surface area contributed by atoms with Crippen LogP contribution in [0.3, 0.4) is 0 Å². The Bertz CT molecular complexity index is 389. The lowest BCUT2D eigenvalue weighted by Crippen LogP contribution is -2.42. The zero-order valence-electron chi connectivity index (χ0n) is 11.3. The first-order valence-electron chi connectivity index (χ1n) is 6.47. The van der Waals surface area contributed by atoms with E-state index in [2.05, 4.69) is 48.2 Å². The summed E-state index contributed by atoms with van der Waals surface area (Å²) in [5.74, 6) is 0. The van der Waals surface area contributed by atoms with Crippen LogP contribution in [0.2, 0.25) is 0 Å². The standard InChI is InChI=1S/C14H23N3/c1-10-5-6-14(12(3)15-10)16-13-7-8-17(4)11(2)9-13/h5-6,11,13,16H,7-9H2,1-4H3. The van der Waals surface area contributed by atoms with Crippen molar-refractivity contribution < 1.29 is 0 Å². The molecule has 2 heterocycles. The molecule has 0 spiro atoms. The first kappa shape index (κ1) is 12.4. The molecule has 1 saturated heterocycles. The van der Waals surface area contributed by atoms with Crippen molar-refractivity contribution in [1.82, 2.24) is 9.88 Å². The first-order chi connectivity index (χ1) is 8.06. The number of anilines is 1. The van der Waals surface area contributed by atoms with E-state index in [0.29, 0.717) is 12.1 Å². The summed E-state index contributed by atoms with van der Waals surface area (Å²) in [6, 6.07) is 5.48. The largest absolute Gasteiger partial charge is 0.381 e. The van der Waals surface area contributed by atoms with Crippen LogP contribution >= 0.6 is 0 Å². The fraction of sp³-hybridized carbons (Fsp3) is 0.643. The van der Waals surface area contributed by atoms with Crippen molar-refractivity contribution in [3.63, 3.8) is 0 Å². The molecule has 94 valence electrons. The number of nitrogens with zero attached hydrogens (tertiary/aromatic N) is 2.